The average Bonchev–Trinajstić information content (AvgIpc) is 2.61. The number of aryl methyl sites for hydroxylation is 1. The van der Waals surface area contributed by atoms with Crippen molar-refractivity contribution in [1.29, 1.82) is 0 Å². The number of hydrogen-bond acceptors (Lipinski definition) is 5. The van der Waals surface area contributed by atoms with Gasteiger partial charge >= 0.3 is 0 Å². The highest BCUT2D eigenvalue weighted by atomic mass is 32.2. The topological polar surface area (TPSA) is 80.3 Å². The van der Waals surface area contributed by atoms with Gasteiger partial charge in [-0.2, -0.15) is 0 Å². The van der Waals surface area contributed by atoms with Crippen LogP contribution in [0.25, 0.3) is 0 Å². The highest BCUT2D eigenvalue weighted by Gasteiger charge is 2.15. The van der Waals surface area contributed by atoms with Crippen molar-refractivity contribution in [1.82, 2.24) is 9.71 Å². The molecule has 0 spiro atoms. The molecule has 0 saturated carbocycles. The molecule has 0 aliphatic carbocycles. The minimum Gasteiger partial charge on any atom is -0.491 e. The first-order valence-corrected chi connectivity index (χ1v) is 10.4. The van der Waals surface area contributed by atoms with E-state index in [2.05, 4.69) is 21.1 Å². The average molecular weight is 375 g/mol. The van der Waals surface area contributed by atoms with Crippen molar-refractivity contribution in [3.8, 4) is 5.75 Å². The van der Waals surface area contributed by atoms with Crippen LogP contribution in [-0.2, 0) is 22.9 Å². The van der Waals surface area contributed by atoms with Gasteiger partial charge in [0.1, 0.15) is 11.6 Å². The molecule has 0 radical (unpaired) electrons. The van der Waals surface area contributed by atoms with E-state index < -0.39 is 10.0 Å². The van der Waals surface area contributed by atoms with Gasteiger partial charge < -0.3 is 10.1 Å². The Morgan fingerprint density at radius 3 is 2.69 bits per heavy atom. The summed E-state index contributed by atoms with van der Waals surface area (Å²) in [6.07, 6.45) is 2.75. The Kier molecular flexibility index (Phi) is 5.78. The molecule has 1 aliphatic rings. The zero-order chi connectivity index (χ0) is 18.6. The van der Waals surface area contributed by atoms with Gasteiger partial charge in [-0.3, -0.25) is 0 Å². The summed E-state index contributed by atoms with van der Waals surface area (Å²) in [7, 11) is -3.54. The highest BCUT2D eigenvalue weighted by molar-refractivity contribution is 7.89. The Morgan fingerprint density at radius 1 is 1.19 bits per heavy atom. The lowest BCUT2D eigenvalue weighted by molar-refractivity contribution is 0.242. The predicted molar refractivity (Wildman–Crippen MR) is 102 cm³/mol. The molecular formula is C19H25N3O3S. The number of hydrogen-bond donors (Lipinski definition) is 2. The van der Waals surface area contributed by atoms with Crippen LogP contribution in [0.2, 0.25) is 0 Å². The van der Waals surface area contributed by atoms with Crippen LogP contribution >= 0.6 is 0 Å². The minimum atomic E-state index is -3.54. The predicted octanol–water partition coefficient (Wildman–Crippen LogP) is 2.75. The van der Waals surface area contributed by atoms with Crippen LogP contribution in [-0.4, -0.2) is 32.6 Å². The number of nitrogens with zero attached hydrogens (tertiary/aromatic N) is 1. The third-order valence-electron chi connectivity index (χ3n) is 4.13. The van der Waals surface area contributed by atoms with Crippen LogP contribution in [0.5, 0.6) is 5.75 Å². The monoisotopic (exact) mass is 375 g/mol. The van der Waals surface area contributed by atoms with Gasteiger partial charge in [0.25, 0.3) is 0 Å². The largest absolute Gasteiger partial charge is 0.491 e. The number of nitrogens with one attached hydrogen (secondary N) is 2. The van der Waals surface area contributed by atoms with E-state index in [1.54, 1.807) is 24.3 Å². The third kappa shape index (κ3) is 4.74. The van der Waals surface area contributed by atoms with Gasteiger partial charge in [0, 0.05) is 25.2 Å². The van der Waals surface area contributed by atoms with Crippen molar-refractivity contribution in [2.45, 2.75) is 44.1 Å². The van der Waals surface area contributed by atoms with E-state index in [0.29, 0.717) is 18.7 Å². The van der Waals surface area contributed by atoms with E-state index in [9.17, 15) is 8.42 Å². The van der Waals surface area contributed by atoms with Crippen molar-refractivity contribution < 1.29 is 13.2 Å². The molecule has 2 N–H and O–H groups in total. The number of fused-ring (bicyclic) bond motifs is 1. The van der Waals surface area contributed by atoms with Crippen molar-refractivity contribution in [3.63, 3.8) is 0 Å². The Bertz CT molecular complexity index is 849. The number of rotatable bonds is 7. The standard InChI is InChI=1S/C19H25N3O3S/c1-14(2)25-17-7-9-18(10-8-17)26(23,24)21-13-11-16-6-5-15-4-3-12-20-19(15)22-16/h5-10,14,21H,3-4,11-13H2,1-2H3,(H,20,22). The zero-order valence-electron chi connectivity index (χ0n) is 15.2. The fourth-order valence-corrected chi connectivity index (χ4v) is 3.91. The molecule has 3 rings (SSSR count). The molecule has 140 valence electrons. The maximum Gasteiger partial charge on any atom is 0.240 e. The van der Waals surface area contributed by atoms with E-state index in [1.165, 1.54) is 5.56 Å². The van der Waals surface area contributed by atoms with E-state index in [1.807, 2.05) is 19.9 Å². The summed E-state index contributed by atoms with van der Waals surface area (Å²) in [5.41, 5.74) is 2.10. The van der Waals surface area contributed by atoms with Crippen LogP contribution in [0, 0.1) is 0 Å². The van der Waals surface area contributed by atoms with Crippen LogP contribution in [0.4, 0.5) is 5.82 Å². The van der Waals surface area contributed by atoms with Gasteiger partial charge in [-0.1, -0.05) is 6.07 Å². The Labute approximate surface area is 155 Å². The number of ether oxygens (including phenoxy) is 1. The first-order valence-electron chi connectivity index (χ1n) is 8.93. The van der Waals surface area contributed by atoms with Crippen molar-refractivity contribution in [3.05, 3.63) is 47.7 Å². The Morgan fingerprint density at radius 2 is 1.96 bits per heavy atom. The summed E-state index contributed by atoms with van der Waals surface area (Å²) in [6, 6.07) is 10.5. The first-order chi connectivity index (χ1) is 12.4. The highest BCUT2D eigenvalue weighted by Crippen LogP contribution is 2.20. The van der Waals surface area contributed by atoms with Gasteiger partial charge in [-0.05, 0) is 62.6 Å². The Hall–Kier alpha value is -2.12. The summed E-state index contributed by atoms with van der Waals surface area (Å²) in [5, 5.41) is 3.29. The number of sulfonamides is 1. The molecular weight excluding hydrogens is 350 g/mol. The zero-order valence-corrected chi connectivity index (χ0v) is 16.0. The molecule has 0 bridgehead atoms. The van der Waals surface area contributed by atoms with Crippen LogP contribution in [0.1, 0.15) is 31.5 Å². The van der Waals surface area contributed by atoms with Gasteiger partial charge in [0.15, 0.2) is 0 Å². The molecule has 0 fully saturated rings. The summed E-state index contributed by atoms with van der Waals surface area (Å²) in [6.45, 7) is 5.10. The summed E-state index contributed by atoms with van der Waals surface area (Å²) >= 11 is 0. The van der Waals surface area contributed by atoms with Crippen LogP contribution in [0.3, 0.4) is 0 Å². The lowest BCUT2D eigenvalue weighted by atomic mass is 10.1. The molecule has 1 aromatic heterocycles. The van der Waals surface area contributed by atoms with E-state index in [0.717, 1.165) is 30.9 Å². The second kappa shape index (κ2) is 8.05. The second-order valence-electron chi connectivity index (χ2n) is 6.63. The fourth-order valence-electron chi connectivity index (χ4n) is 2.87. The molecule has 1 aliphatic heterocycles. The lowest BCUT2D eigenvalue weighted by Gasteiger charge is -2.17. The molecule has 0 amide bonds. The fraction of sp³-hybridized carbons (Fsp3) is 0.421. The van der Waals surface area contributed by atoms with Crippen molar-refractivity contribution in [2.75, 3.05) is 18.4 Å². The lowest BCUT2D eigenvalue weighted by Crippen LogP contribution is -2.26. The summed E-state index contributed by atoms with van der Waals surface area (Å²) in [4.78, 5) is 4.81. The number of benzene rings is 1. The van der Waals surface area contributed by atoms with E-state index in [-0.39, 0.29) is 11.0 Å². The van der Waals surface area contributed by atoms with E-state index in [4.69, 9.17) is 4.74 Å². The molecule has 0 unspecified atom stereocenters. The molecule has 2 aromatic rings. The molecule has 0 atom stereocenters. The second-order valence-corrected chi connectivity index (χ2v) is 8.39. The van der Waals surface area contributed by atoms with Crippen LogP contribution in [0.15, 0.2) is 41.3 Å². The summed E-state index contributed by atoms with van der Waals surface area (Å²) < 4.78 is 33.0. The molecule has 2 heterocycles. The molecule has 26 heavy (non-hydrogen) atoms. The SMILES string of the molecule is CC(C)Oc1ccc(S(=O)(=O)NCCc2ccc3c(n2)NCCC3)cc1. The normalized spacial score (nSPS) is 14.0. The number of aromatic nitrogens is 1. The minimum absolute atomic E-state index is 0.0502. The number of anilines is 1. The molecule has 7 heteroatoms. The maximum atomic E-state index is 12.4. The Balaban J connectivity index is 1.58. The smallest absolute Gasteiger partial charge is 0.240 e. The van der Waals surface area contributed by atoms with Crippen molar-refractivity contribution >= 4 is 15.8 Å². The first kappa shape index (κ1) is 18.7. The van der Waals surface area contributed by atoms with Gasteiger partial charge in [0.05, 0.1) is 11.0 Å². The molecule has 6 nitrogen and oxygen atoms in total. The summed E-state index contributed by atoms with van der Waals surface area (Å²) in [5.74, 6) is 1.59. The quantitative estimate of drug-likeness (QED) is 0.778. The molecule has 0 saturated heterocycles. The maximum absolute atomic E-state index is 12.4. The van der Waals surface area contributed by atoms with Crippen molar-refractivity contribution in [2.24, 2.45) is 0 Å². The number of pyridine rings is 1. The van der Waals surface area contributed by atoms with E-state index >= 15 is 0 Å². The van der Waals surface area contributed by atoms with Crippen LogP contribution < -0.4 is 14.8 Å². The van der Waals surface area contributed by atoms with Gasteiger partial charge in [-0.15, -0.1) is 0 Å². The molecule has 1 aromatic carbocycles. The van der Waals surface area contributed by atoms with Gasteiger partial charge in [0.2, 0.25) is 10.0 Å². The van der Waals surface area contributed by atoms with Gasteiger partial charge in [-0.25, -0.2) is 18.1 Å². The third-order valence-corrected chi connectivity index (χ3v) is 5.61.